The summed E-state index contributed by atoms with van der Waals surface area (Å²) in [6.07, 6.45) is 0. The third kappa shape index (κ3) is 4.96. The van der Waals surface area contributed by atoms with Crippen LogP contribution in [0.4, 0.5) is 0 Å². The number of hydrogen-bond donors (Lipinski definition) is 1. The molecule has 0 radical (unpaired) electrons. The number of aromatic carboxylic acids is 1. The van der Waals surface area contributed by atoms with Crippen molar-refractivity contribution in [2.24, 2.45) is 0 Å². The Balaban J connectivity index is 0.000000180. The monoisotopic (exact) mass is 342 g/mol. The van der Waals surface area contributed by atoms with Gasteiger partial charge in [-0.15, -0.1) is 22.7 Å². The molecule has 8 heteroatoms. The van der Waals surface area contributed by atoms with E-state index in [1.54, 1.807) is 18.2 Å². The maximum atomic E-state index is 10.4. The van der Waals surface area contributed by atoms with Crippen LogP contribution in [-0.4, -0.2) is 16.3 Å². The van der Waals surface area contributed by atoms with Crippen LogP contribution in [0, 0.1) is 0 Å². The van der Waals surface area contributed by atoms with Crippen molar-refractivity contribution in [1.29, 1.82) is 0 Å². The third-order valence-corrected chi connectivity index (χ3v) is 4.32. The van der Waals surface area contributed by atoms with Crippen LogP contribution in [0.5, 0.6) is 0 Å². The van der Waals surface area contributed by atoms with E-state index in [1.807, 2.05) is 0 Å². The summed E-state index contributed by atoms with van der Waals surface area (Å²) in [5.41, 5.74) is 0. The Labute approximate surface area is 126 Å². The van der Waals surface area contributed by atoms with Crippen molar-refractivity contribution in [3.8, 4) is 0 Å². The fraction of sp³-hybridized carbons (Fsp3) is 0. The third-order valence-electron chi connectivity index (χ3n) is 1.55. The minimum Gasteiger partial charge on any atom is -0.477 e. The smallest absolute Gasteiger partial charge is 0.345 e. The van der Waals surface area contributed by atoms with Crippen LogP contribution in [0.1, 0.15) is 19.3 Å². The van der Waals surface area contributed by atoms with Gasteiger partial charge in [0.2, 0.25) is 0 Å². The number of thiophene rings is 2. The highest BCUT2D eigenvalue weighted by atomic mass is 35.5. The number of rotatable bonds is 2. The van der Waals surface area contributed by atoms with Gasteiger partial charge in [-0.1, -0.05) is 23.2 Å². The molecule has 0 aliphatic carbocycles. The topological polar surface area (TPSA) is 54.4 Å². The lowest BCUT2D eigenvalue weighted by molar-refractivity contribution is 0.0702. The average Bonchev–Trinajstić information content (AvgIpc) is 2.88. The van der Waals surface area contributed by atoms with Gasteiger partial charge in [-0.05, 0) is 35.9 Å². The van der Waals surface area contributed by atoms with Crippen molar-refractivity contribution in [2.75, 3.05) is 0 Å². The zero-order valence-electron chi connectivity index (χ0n) is 8.52. The molecular weight excluding hydrogens is 339 g/mol. The lowest BCUT2D eigenvalue weighted by atomic mass is 10.5. The fourth-order valence-electron chi connectivity index (χ4n) is 0.849. The highest BCUT2D eigenvalue weighted by molar-refractivity contribution is 7.19. The van der Waals surface area contributed by atoms with Crippen LogP contribution in [0.25, 0.3) is 0 Å². The van der Waals surface area contributed by atoms with Crippen molar-refractivity contribution >= 4 is 68.7 Å². The van der Waals surface area contributed by atoms with Gasteiger partial charge in [0.1, 0.15) is 4.88 Å². The quantitative estimate of drug-likeness (QED) is 0.791. The summed E-state index contributed by atoms with van der Waals surface area (Å²) in [6, 6.07) is 6.29. The minimum absolute atomic E-state index is 0.278. The SMILES string of the molecule is O=C(Cl)c1ccc(Cl)s1.O=C(O)c1ccc(Cl)s1. The maximum Gasteiger partial charge on any atom is 0.345 e. The lowest BCUT2D eigenvalue weighted by Gasteiger charge is -1.79. The first-order chi connectivity index (χ1) is 8.40. The van der Waals surface area contributed by atoms with E-state index in [-0.39, 0.29) is 4.88 Å². The molecule has 0 atom stereocenters. The molecule has 96 valence electrons. The van der Waals surface area contributed by atoms with Crippen LogP contribution in [0.15, 0.2) is 24.3 Å². The molecule has 2 heterocycles. The second kappa shape index (κ2) is 7.11. The second-order valence-corrected chi connectivity index (χ2v) is 6.56. The van der Waals surface area contributed by atoms with E-state index in [0.717, 1.165) is 11.3 Å². The van der Waals surface area contributed by atoms with Gasteiger partial charge < -0.3 is 5.11 Å². The van der Waals surface area contributed by atoms with E-state index in [9.17, 15) is 9.59 Å². The summed E-state index contributed by atoms with van der Waals surface area (Å²) in [5, 5.41) is 7.90. The van der Waals surface area contributed by atoms with E-state index in [4.69, 9.17) is 39.9 Å². The van der Waals surface area contributed by atoms with Gasteiger partial charge in [-0.25, -0.2) is 4.79 Å². The molecule has 1 N–H and O–H groups in total. The largest absolute Gasteiger partial charge is 0.477 e. The molecule has 0 saturated heterocycles. The first-order valence-corrected chi connectivity index (χ1v) is 7.10. The lowest BCUT2D eigenvalue weighted by Crippen LogP contribution is -1.89. The van der Waals surface area contributed by atoms with Gasteiger partial charge >= 0.3 is 5.97 Å². The summed E-state index contributed by atoms with van der Waals surface area (Å²) in [5.74, 6) is -0.924. The molecule has 3 nitrogen and oxygen atoms in total. The molecular formula is C10H5Cl3O3S2. The average molecular weight is 344 g/mol. The Morgan fingerprint density at radius 2 is 1.39 bits per heavy atom. The summed E-state index contributed by atoms with van der Waals surface area (Å²) >= 11 is 18.3. The van der Waals surface area contributed by atoms with Crippen molar-refractivity contribution in [1.82, 2.24) is 0 Å². The molecule has 18 heavy (non-hydrogen) atoms. The normalized spacial score (nSPS) is 9.50. The molecule has 0 unspecified atom stereocenters. The van der Waals surface area contributed by atoms with E-state index in [2.05, 4.69) is 0 Å². The Kier molecular flexibility index (Phi) is 6.11. The number of carboxylic acids is 1. The predicted molar refractivity (Wildman–Crippen MR) is 75.8 cm³/mol. The Hall–Kier alpha value is -0.590. The molecule has 2 rings (SSSR count). The van der Waals surface area contributed by atoms with E-state index < -0.39 is 11.2 Å². The molecule has 0 fully saturated rings. The molecule has 0 saturated carbocycles. The minimum atomic E-state index is -0.924. The molecule has 0 aliphatic heterocycles. The van der Waals surface area contributed by atoms with Crippen molar-refractivity contribution in [3.05, 3.63) is 42.7 Å². The summed E-state index contributed by atoms with van der Waals surface area (Å²) < 4.78 is 1.09. The predicted octanol–water partition coefficient (Wildman–Crippen LogP) is 4.88. The van der Waals surface area contributed by atoms with Crippen LogP contribution in [-0.2, 0) is 0 Å². The van der Waals surface area contributed by atoms with Gasteiger partial charge in [0.15, 0.2) is 0 Å². The number of carbonyl (C=O) groups is 2. The van der Waals surface area contributed by atoms with Crippen LogP contribution >= 0.6 is 57.5 Å². The second-order valence-electron chi connectivity index (χ2n) is 2.79. The molecule has 0 aliphatic rings. The number of hydrogen-bond acceptors (Lipinski definition) is 4. The zero-order valence-corrected chi connectivity index (χ0v) is 12.4. The van der Waals surface area contributed by atoms with Crippen molar-refractivity contribution in [2.45, 2.75) is 0 Å². The molecule has 2 aromatic rings. The maximum absolute atomic E-state index is 10.4. The first kappa shape index (κ1) is 15.5. The highest BCUT2D eigenvalue weighted by Gasteiger charge is 2.04. The van der Waals surface area contributed by atoms with Crippen LogP contribution in [0.3, 0.4) is 0 Å². The summed E-state index contributed by atoms with van der Waals surface area (Å²) in [6.45, 7) is 0. The number of carbonyl (C=O) groups excluding carboxylic acids is 1. The van der Waals surface area contributed by atoms with E-state index in [1.165, 1.54) is 17.4 Å². The van der Waals surface area contributed by atoms with Crippen molar-refractivity contribution < 1.29 is 14.7 Å². The molecule has 0 amide bonds. The molecule has 0 bridgehead atoms. The molecule has 0 spiro atoms. The molecule has 0 aromatic carbocycles. The van der Waals surface area contributed by atoms with Crippen LogP contribution in [0.2, 0.25) is 8.67 Å². The number of halogens is 3. The Morgan fingerprint density at radius 1 is 0.944 bits per heavy atom. The zero-order chi connectivity index (χ0) is 13.7. The van der Waals surface area contributed by atoms with Gasteiger partial charge in [-0.3, -0.25) is 4.79 Å². The number of carboxylic acid groups (broad SMARTS) is 1. The van der Waals surface area contributed by atoms with Crippen LogP contribution < -0.4 is 0 Å². The van der Waals surface area contributed by atoms with E-state index in [0.29, 0.717) is 13.5 Å². The fourth-order valence-corrected chi connectivity index (χ4v) is 2.78. The van der Waals surface area contributed by atoms with E-state index >= 15 is 0 Å². The van der Waals surface area contributed by atoms with Gasteiger partial charge in [-0.2, -0.15) is 0 Å². The summed E-state index contributed by atoms with van der Waals surface area (Å²) in [7, 11) is 0. The Morgan fingerprint density at radius 3 is 1.56 bits per heavy atom. The van der Waals surface area contributed by atoms with Gasteiger partial charge in [0.25, 0.3) is 5.24 Å². The van der Waals surface area contributed by atoms with Crippen molar-refractivity contribution in [3.63, 3.8) is 0 Å². The highest BCUT2D eigenvalue weighted by Crippen LogP contribution is 2.22. The Bertz CT molecular complexity index is 512. The van der Waals surface area contributed by atoms with Gasteiger partial charge in [0, 0.05) is 0 Å². The standard InChI is InChI=1S/C5H2Cl2OS.C5H3ClO2S/c2*6-4-2-1-3(9-4)5(7)8/h1-2H;1-2H,(H,7,8). The summed E-state index contributed by atoms with van der Waals surface area (Å²) in [4.78, 5) is 21.3. The molecule has 2 aromatic heterocycles. The first-order valence-electron chi connectivity index (χ1n) is 4.34. The van der Waals surface area contributed by atoms with Gasteiger partial charge in [0.05, 0.1) is 13.5 Å².